The average molecular weight is 527 g/mol. The lowest BCUT2D eigenvalue weighted by Gasteiger charge is -2.12. The van der Waals surface area contributed by atoms with Gasteiger partial charge in [0.1, 0.15) is 12.4 Å². The summed E-state index contributed by atoms with van der Waals surface area (Å²) in [5.41, 5.74) is 2.10. The molecule has 0 amide bonds. The van der Waals surface area contributed by atoms with Crippen LogP contribution in [0.1, 0.15) is 11.1 Å². The van der Waals surface area contributed by atoms with Gasteiger partial charge in [-0.3, -0.25) is 14.9 Å². The maximum absolute atomic E-state index is 13.5. The lowest BCUT2D eigenvalue weighted by molar-refractivity contribution is -0.384. The molecule has 40 heavy (non-hydrogen) atoms. The number of hydrogen-bond donors (Lipinski definition) is 0. The highest BCUT2D eigenvalue weighted by molar-refractivity contribution is 5.87. The Morgan fingerprint density at radius 3 is 2.40 bits per heavy atom. The van der Waals surface area contributed by atoms with Gasteiger partial charge in [0.05, 0.1) is 22.0 Å². The van der Waals surface area contributed by atoms with Crippen LogP contribution >= 0.6 is 0 Å². The van der Waals surface area contributed by atoms with Gasteiger partial charge in [0.2, 0.25) is 0 Å². The van der Waals surface area contributed by atoms with Gasteiger partial charge in [0.25, 0.3) is 11.2 Å². The number of nitro benzene ring substituents is 1. The Labute approximate surface area is 228 Å². The van der Waals surface area contributed by atoms with E-state index in [1.54, 1.807) is 24.3 Å². The Bertz CT molecular complexity index is 1960. The van der Waals surface area contributed by atoms with Crippen molar-refractivity contribution in [3.05, 3.63) is 147 Å². The first-order chi connectivity index (χ1) is 19.6. The second kappa shape index (κ2) is 10.6. The monoisotopic (exact) mass is 526 g/mol. The van der Waals surface area contributed by atoms with Crippen LogP contribution in [0.15, 0.2) is 125 Å². The number of hydrogen-bond acceptors (Lipinski definition) is 6. The van der Waals surface area contributed by atoms with Crippen LogP contribution in [-0.2, 0) is 6.61 Å². The Morgan fingerprint density at radius 1 is 0.850 bits per heavy atom. The first-order valence-corrected chi connectivity index (χ1v) is 12.6. The molecule has 0 aliphatic heterocycles. The summed E-state index contributed by atoms with van der Waals surface area (Å²) in [7, 11) is 0. The molecule has 0 unspecified atom stereocenters. The molecule has 0 saturated heterocycles. The third kappa shape index (κ3) is 4.81. The van der Waals surface area contributed by atoms with Crippen LogP contribution in [0.2, 0.25) is 0 Å². The molecule has 0 spiro atoms. The number of fused-ring (bicyclic) bond motifs is 2. The minimum atomic E-state index is -0.481. The molecule has 1 aromatic heterocycles. The number of nitrogens with zero attached hydrogens (tertiary/aromatic N) is 4. The van der Waals surface area contributed by atoms with E-state index < -0.39 is 4.92 Å². The van der Waals surface area contributed by atoms with E-state index >= 15 is 0 Å². The van der Waals surface area contributed by atoms with E-state index in [9.17, 15) is 14.9 Å². The Morgan fingerprint density at radius 2 is 1.57 bits per heavy atom. The van der Waals surface area contributed by atoms with Crippen molar-refractivity contribution in [2.24, 2.45) is 5.10 Å². The Kier molecular flexibility index (Phi) is 6.56. The predicted octanol–water partition coefficient (Wildman–Crippen LogP) is 6.59. The molecule has 6 rings (SSSR count). The van der Waals surface area contributed by atoms with Crippen LogP contribution in [0.25, 0.3) is 33.1 Å². The molecule has 5 aromatic carbocycles. The molecule has 0 bridgehead atoms. The zero-order valence-electron chi connectivity index (χ0n) is 21.2. The molecule has 8 nitrogen and oxygen atoms in total. The van der Waals surface area contributed by atoms with Crippen LogP contribution < -0.4 is 10.3 Å². The van der Waals surface area contributed by atoms with Gasteiger partial charge in [-0.1, -0.05) is 84.9 Å². The number of rotatable bonds is 7. The summed E-state index contributed by atoms with van der Waals surface area (Å²) in [6, 6.07) is 34.6. The summed E-state index contributed by atoms with van der Waals surface area (Å²) >= 11 is 0. The van der Waals surface area contributed by atoms with Crippen molar-refractivity contribution >= 4 is 33.6 Å². The van der Waals surface area contributed by atoms with Crippen molar-refractivity contribution < 1.29 is 9.66 Å². The zero-order valence-corrected chi connectivity index (χ0v) is 21.2. The van der Waals surface area contributed by atoms with Crippen LogP contribution in [0.3, 0.4) is 0 Å². The highest BCUT2D eigenvalue weighted by Gasteiger charge is 2.15. The number of ether oxygens (including phenoxy) is 1. The minimum absolute atomic E-state index is 0.119. The fourth-order valence-corrected chi connectivity index (χ4v) is 4.58. The van der Waals surface area contributed by atoms with Crippen molar-refractivity contribution in [3.8, 4) is 17.1 Å². The first kappa shape index (κ1) is 24.7. The van der Waals surface area contributed by atoms with Gasteiger partial charge < -0.3 is 4.74 Å². The molecule has 0 N–H and O–H groups in total. The average Bonchev–Trinajstić information content (AvgIpc) is 3.00. The topological polar surface area (TPSA) is 99.6 Å². The zero-order chi connectivity index (χ0) is 27.5. The molecule has 0 radical (unpaired) electrons. The smallest absolute Gasteiger partial charge is 0.282 e. The van der Waals surface area contributed by atoms with Gasteiger partial charge >= 0.3 is 0 Å². The molecule has 0 saturated carbocycles. The van der Waals surface area contributed by atoms with Crippen molar-refractivity contribution in [2.75, 3.05) is 0 Å². The number of para-hydroxylation sites is 1. The van der Waals surface area contributed by atoms with Crippen molar-refractivity contribution in [1.29, 1.82) is 0 Å². The van der Waals surface area contributed by atoms with Crippen LogP contribution in [0, 0.1) is 10.1 Å². The molecule has 0 fully saturated rings. The number of non-ortho nitro benzene ring substituents is 1. The Balaban J connectivity index is 1.43. The number of nitro groups is 1. The molecule has 6 aromatic rings. The van der Waals surface area contributed by atoms with Crippen molar-refractivity contribution in [3.63, 3.8) is 0 Å². The second-order valence-electron chi connectivity index (χ2n) is 9.09. The SMILES string of the molecule is O=c1c2ccccc2nc(-c2ccccc2)n1N=Cc1cc([N+](=O)[O-])ccc1OCc1cccc2ccccc12. The van der Waals surface area contributed by atoms with Crippen molar-refractivity contribution in [2.45, 2.75) is 6.61 Å². The molecule has 194 valence electrons. The van der Waals surface area contributed by atoms with Crippen LogP contribution in [0.4, 0.5) is 5.69 Å². The molecular formula is C32H22N4O4. The summed E-state index contributed by atoms with van der Waals surface area (Å²) in [5, 5.41) is 18.6. The molecule has 0 atom stereocenters. The van der Waals surface area contributed by atoms with E-state index in [4.69, 9.17) is 9.72 Å². The lowest BCUT2D eigenvalue weighted by atomic mass is 10.1. The summed E-state index contributed by atoms with van der Waals surface area (Å²) in [5.74, 6) is 0.745. The number of aromatic nitrogens is 2. The minimum Gasteiger partial charge on any atom is -0.488 e. The maximum Gasteiger partial charge on any atom is 0.282 e. The van der Waals surface area contributed by atoms with Crippen LogP contribution in [-0.4, -0.2) is 20.8 Å². The predicted molar refractivity (Wildman–Crippen MR) is 156 cm³/mol. The largest absolute Gasteiger partial charge is 0.488 e. The van der Waals surface area contributed by atoms with Gasteiger partial charge in [0.15, 0.2) is 5.82 Å². The Hall–Kier alpha value is -5.63. The molecule has 0 aliphatic carbocycles. The normalized spacial score (nSPS) is 11.3. The van der Waals surface area contributed by atoms with Gasteiger partial charge in [-0.05, 0) is 34.5 Å². The van der Waals surface area contributed by atoms with Gasteiger partial charge in [-0.25, -0.2) is 4.98 Å². The second-order valence-corrected chi connectivity index (χ2v) is 9.09. The molecule has 0 aliphatic rings. The fraction of sp³-hybridized carbons (Fsp3) is 0.0312. The lowest BCUT2D eigenvalue weighted by Crippen LogP contribution is -2.20. The maximum atomic E-state index is 13.5. The van der Waals surface area contributed by atoms with E-state index in [1.165, 1.54) is 23.0 Å². The summed E-state index contributed by atoms with van der Waals surface area (Å²) < 4.78 is 7.37. The molecule has 8 heteroatoms. The summed E-state index contributed by atoms with van der Waals surface area (Å²) in [6.07, 6.45) is 1.40. The van der Waals surface area contributed by atoms with E-state index in [0.717, 1.165) is 16.3 Å². The van der Waals surface area contributed by atoms with Crippen molar-refractivity contribution in [1.82, 2.24) is 9.66 Å². The quantitative estimate of drug-likeness (QED) is 0.133. The number of benzene rings is 5. The third-order valence-electron chi connectivity index (χ3n) is 6.57. The third-order valence-corrected chi connectivity index (χ3v) is 6.57. The van der Waals surface area contributed by atoms with Gasteiger partial charge in [-0.15, -0.1) is 0 Å². The summed E-state index contributed by atoms with van der Waals surface area (Å²) in [4.78, 5) is 29.3. The van der Waals surface area contributed by atoms with Gasteiger partial charge in [0, 0.05) is 23.3 Å². The first-order valence-electron chi connectivity index (χ1n) is 12.6. The molecular weight excluding hydrogens is 504 g/mol. The highest BCUT2D eigenvalue weighted by atomic mass is 16.6. The standard InChI is InChI=1S/C32H22N4O4/c37-32-28-15-6-7-16-29(28)34-31(23-10-2-1-3-11-23)35(32)33-20-25-19-26(36(38)39)17-18-30(25)40-21-24-13-8-12-22-9-4-5-14-27(22)24/h1-20H,21H2. The van der Waals surface area contributed by atoms with E-state index in [2.05, 4.69) is 5.10 Å². The molecule has 1 heterocycles. The summed E-state index contributed by atoms with van der Waals surface area (Å²) in [6.45, 7) is 0.243. The van der Waals surface area contributed by atoms with E-state index in [1.807, 2.05) is 78.9 Å². The fourth-order valence-electron chi connectivity index (χ4n) is 4.58. The van der Waals surface area contributed by atoms with Crippen LogP contribution in [0.5, 0.6) is 5.75 Å². The highest BCUT2D eigenvalue weighted by Crippen LogP contribution is 2.26. The van der Waals surface area contributed by atoms with Gasteiger partial charge in [-0.2, -0.15) is 9.78 Å². The van der Waals surface area contributed by atoms with E-state index in [0.29, 0.717) is 33.6 Å². The van der Waals surface area contributed by atoms with E-state index in [-0.39, 0.29) is 17.9 Å².